The van der Waals surface area contributed by atoms with Crippen LogP contribution in [0.15, 0.2) is 12.2 Å². The number of ether oxygens (including phenoxy) is 1. The Kier molecular flexibility index (Phi) is 4.74. The Morgan fingerprint density at radius 1 is 1.38 bits per heavy atom. The van der Waals surface area contributed by atoms with Gasteiger partial charge in [-0.05, 0) is 43.4 Å². The number of nitrogens with one attached hydrogen (secondary N) is 1. The fourth-order valence-electron chi connectivity index (χ4n) is 4.26. The monoisotopic (exact) mass is 293 g/mol. The lowest BCUT2D eigenvalue weighted by Crippen LogP contribution is -2.47. The Hall–Kier alpha value is -1.32. The van der Waals surface area contributed by atoms with Gasteiger partial charge in [-0.15, -0.1) is 0 Å². The van der Waals surface area contributed by atoms with Gasteiger partial charge < -0.3 is 10.1 Å². The lowest BCUT2D eigenvalue weighted by atomic mass is 9.70. The van der Waals surface area contributed by atoms with Gasteiger partial charge in [0.05, 0.1) is 0 Å². The van der Waals surface area contributed by atoms with Crippen LogP contribution in [0.25, 0.3) is 0 Å². The maximum atomic E-state index is 12.1. The van der Waals surface area contributed by atoms with Crippen molar-refractivity contribution in [3.8, 4) is 0 Å². The van der Waals surface area contributed by atoms with E-state index in [0.717, 1.165) is 32.1 Å². The highest BCUT2D eigenvalue weighted by Gasteiger charge is 2.52. The maximum Gasteiger partial charge on any atom is 0.325 e. The molecule has 0 saturated heterocycles. The Morgan fingerprint density at radius 3 is 2.76 bits per heavy atom. The molecule has 0 aromatic carbocycles. The van der Waals surface area contributed by atoms with E-state index in [1.54, 1.807) is 0 Å². The predicted molar refractivity (Wildman–Crippen MR) is 81.5 cm³/mol. The van der Waals surface area contributed by atoms with E-state index in [1.807, 2.05) is 0 Å². The summed E-state index contributed by atoms with van der Waals surface area (Å²) < 4.78 is 5.95. The van der Waals surface area contributed by atoms with Gasteiger partial charge >= 0.3 is 5.97 Å². The van der Waals surface area contributed by atoms with Crippen molar-refractivity contribution in [3.05, 3.63) is 12.2 Å². The van der Waals surface area contributed by atoms with E-state index in [0.29, 0.717) is 18.2 Å². The van der Waals surface area contributed by atoms with Crippen molar-refractivity contribution in [3.63, 3.8) is 0 Å². The predicted octanol–water partition coefficient (Wildman–Crippen LogP) is 2.83. The molecule has 1 fully saturated rings. The van der Waals surface area contributed by atoms with Gasteiger partial charge in [0.1, 0.15) is 12.1 Å². The number of amides is 1. The Morgan fingerprint density at radius 2 is 2.10 bits per heavy atom. The topological polar surface area (TPSA) is 55.4 Å². The molecule has 2 aliphatic carbocycles. The quantitative estimate of drug-likeness (QED) is 0.482. The number of hydrogen-bond acceptors (Lipinski definition) is 3. The minimum absolute atomic E-state index is 0.0378. The molecule has 0 aromatic heterocycles. The van der Waals surface area contributed by atoms with E-state index < -0.39 is 0 Å². The molecule has 1 amide bonds. The first-order valence-corrected chi connectivity index (χ1v) is 8.00. The summed E-state index contributed by atoms with van der Waals surface area (Å²) in [5.41, 5.74) is -0.211. The molecule has 2 rings (SSSR count). The second-order valence-corrected chi connectivity index (χ2v) is 7.08. The third-order valence-corrected chi connectivity index (χ3v) is 5.19. The molecule has 0 aromatic rings. The van der Waals surface area contributed by atoms with Gasteiger partial charge in [-0.1, -0.05) is 32.9 Å². The lowest BCUT2D eigenvalue weighted by Gasteiger charge is -2.42. The summed E-state index contributed by atoms with van der Waals surface area (Å²) in [4.78, 5) is 22.4. The third-order valence-electron chi connectivity index (χ3n) is 5.19. The first-order chi connectivity index (χ1) is 9.93. The number of fused-ring (bicyclic) bond motifs is 2. The largest absolute Gasteiger partial charge is 0.457 e. The van der Waals surface area contributed by atoms with Crippen molar-refractivity contribution < 1.29 is 14.3 Å². The molecule has 4 heteroatoms. The fourth-order valence-corrected chi connectivity index (χ4v) is 4.26. The molecule has 1 saturated carbocycles. The SMILES string of the molecule is CCC1(OC(=O)CNC=O)C2CC=CC(C)(C)CC1CC2. The smallest absolute Gasteiger partial charge is 0.325 e. The van der Waals surface area contributed by atoms with Crippen LogP contribution in [0.1, 0.15) is 52.9 Å². The van der Waals surface area contributed by atoms with E-state index in [4.69, 9.17) is 4.74 Å². The van der Waals surface area contributed by atoms with Crippen molar-refractivity contribution in [2.45, 2.75) is 58.5 Å². The zero-order chi connectivity index (χ0) is 15.5. The van der Waals surface area contributed by atoms with Gasteiger partial charge in [0, 0.05) is 5.92 Å². The fraction of sp³-hybridized carbons (Fsp3) is 0.765. The molecule has 0 heterocycles. The number of carbonyl (C=O) groups is 2. The minimum Gasteiger partial charge on any atom is -0.457 e. The summed E-state index contributed by atoms with van der Waals surface area (Å²) in [5.74, 6) is 0.496. The molecular formula is C17H27NO3. The molecule has 2 aliphatic rings. The molecule has 118 valence electrons. The minimum atomic E-state index is -0.357. The summed E-state index contributed by atoms with van der Waals surface area (Å²) in [7, 11) is 0. The average Bonchev–Trinajstić information content (AvgIpc) is 2.77. The Balaban J connectivity index is 2.22. The summed E-state index contributed by atoms with van der Waals surface area (Å²) in [6.07, 6.45) is 10.2. The average molecular weight is 293 g/mol. The van der Waals surface area contributed by atoms with Gasteiger partial charge in [-0.25, -0.2) is 0 Å². The second kappa shape index (κ2) is 6.20. The van der Waals surface area contributed by atoms with Gasteiger partial charge in [-0.3, -0.25) is 9.59 Å². The van der Waals surface area contributed by atoms with Crippen LogP contribution in [-0.2, 0) is 14.3 Å². The van der Waals surface area contributed by atoms with E-state index >= 15 is 0 Å². The standard InChI is InChI=1S/C17H27NO3/c1-4-17(21-15(20)11-18-12-19)13-6-5-9-16(2,3)10-14(17)8-7-13/h5,9,12-14H,4,6-8,10-11H2,1-3H3,(H,18,19). The van der Waals surface area contributed by atoms with Crippen LogP contribution < -0.4 is 5.32 Å². The molecule has 3 unspecified atom stereocenters. The van der Waals surface area contributed by atoms with Crippen LogP contribution in [-0.4, -0.2) is 24.5 Å². The Bertz CT molecular complexity index is 430. The van der Waals surface area contributed by atoms with Crippen LogP contribution >= 0.6 is 0 Å². The third kappa shape index (κ3) is 3.30. The first kappa shape index (κ1) is 16.1. The number of carbonyl (C=O) groups excluding carboxylic acids is 2. The van der Waals surface area contributed by atoms with Crippen molar-refractivity contribution in [2.24, 2.45) is 17.3 Å². The summed E-state index contributed by atoms with van der Waals surface area (Å²) in [6, 6.07) is 0. The van der Waals surface area contributed by atoms with Crippen LogP contribution in [0.4, 0.5) is 0 Å². The molecule has 21 heavy (non-hydrogen) atoms. The maximum absolute atomic E-state index is 12.1. The highest BCUT2D eigenvalue weighted by Crippen LogP contribution is 2.53. The van der Waals surface area contributed by atoms with Gasteiger partial charge in [-0.2, -0.15) is 0 Å². The zero-order valence-electron chi connectivity index (χ0n) is 13.4. The van der Waals surface area contributed by atoms with E-state index in [-0.39, 0.29) is 23.5 Å². The molecule has 0 radical (unpaired) electrons. The lowest BCUT2D eigenvalue weighted by molar-refractivity contribution is -0.171. The van der Waals surface area contributed by atoms with Crippen molar-refractivity contribution >= 4 is 12.4 Å². The van der Waals surface area contributed by atoms with Crippen molar-refractivity contribution in [1.82, 2.24) is 5.32 Å². The number of allylic oxidation sites excluding steroid dienone is 2. The molecule has 2 bridgehead atoms. The number of hydrogen-bond donors (Lipinski definition) is 1. The molecular weight excluding hydrogens is 266 g/mol. The van der Waals surface area contributed by atoms with Crippen LogP contribution in [0.3, 0.4) is 0 Å². The highest BCUT2D eigenvalue weighted by atomic mass is 16.6. The molecule has 3 atom stereocenters. The van der Waals surface area contributed by atoms with Crippen molar-refractivity contribution in [2.75, 3.05) is 6.54 Å². The summed E-state index contributed by atoms with van der Waals surface area (Å²) >= 11 is 0. The zero-order valence-corrected chi connectivity index (χ0v) is 13.4. The molecule has 0 aliphatic heterocycles. The second-order valence-electron chi connectivity index (χ2n) is 7.08. The van der Waals surface area contributed by atoms with Gasteiger partial charge in [0.25, 0.3) is 0 Å². The van der Waals surface area contributed by atoms with Gasteiger partial charge in [0.15, 0.2) is 0 Å². The number of esters is 1. The summed E-state index contributed by atoms with van der Waals surface area (Å²) in [6.45, 7) is 6.57. The molecule has 4 nitrogen and oxygen atoms in total. The van der Waals surface area contributed by atoms with Crippen LogP contribution in [0, 0.1) is 17.3 Å². The summed E-state index contributed by atoms with van der Waals surface area (Å²) in [5, 5.41) is 2.40. The highest BCUT2D eigenvalue weighted by molar-refractivity contribution is 5.74. The van der Waals surface area contributed by atoms with Crippen molar-refractivity contribution in [1.29, 1.82) is 0 Å². The van der Waals surface area contributed by atoms with E-state index in [2.05, 4.69) is 38.2 Å². The van der Waals surface area contributed by atoms with E-state index in [1.165, 1.54) is 0 Å². The Labute approximate surface area is 127 Å². The van der Waals surface area contributed by atoms with Crippen LogP contribution in [0.5, 0.6) is 0 Å². The van der Waals surface area contributed by atoms with E-state index in [9.17, 15) is 9.59 Å². The molecule has 0 spiro atoms. The van der Waals surface area contributed by atoms with Gasteiger partial charge in [0.2, 0.25) is 6.41 Å². The normalized spacial score (nSPS) is 33.9. The van der Waals surface area contributed by atoms with Crippen LogP contribution in [0.2, 0.25) is 0 Å². The first-order valence-electron chi connectivity index (χ1n) is 8.00. The molecule has 1 N–H and O–H groups in total. The number of rotatable bonds is 5.